The van der Waals surface area contributed by atoms with Crippen molar-refractivity contribution in [1.29, 1.82) is 0 Å². The van der Waals surface area contributed by atoms with Crippen LogP contribution in [-0.2, 0) is 16.0 Å². The monoisotopic (exact) mass is 569 g/mol. The van der Waals surface area contributed by atoms with Crippen LogP contribution in [0.4, 0.5) is 11.4 Å². The molecule has 0 aliphatic carbocycles. The third kappa shape index (κ3) is 5.94. The fourth-order valence-corrected chi connectivity index (χ4v) is 4.35. The van der Waals surface area contributed by atoms with Crippen molar-refractivity contribution in [3.8, 4) is 17.2 Å². The maximum atomic E-state index is 13.1. The fourth-order valence-electron chi connectivity index (χ4n) is 3.98. The molecule has 3 aromatic carbocycles. The summed E-state index contributed by atoms with van der Waals surface area (Å²) in [6.07, 6.45) is 0.600. The number of ether oxygens (including phenoxy) is 3. The summed E-state index contributed by atoms with van der Waals surface area (Å²) in [6, 6.07) is 16.6. The van der Waals surface area contributed by atoms with Crippen molar-refractivity contribution in [3.05, 3.63) is 87.5 Å². The SMILES string of the molecule is COc1ccc(CCNC(=O)c2ccc(NC3=C(Cl)C(=O)N(c4cc(Cl)ccc4OC)C3=O)cc2)cc1OC. The van der Waals surface area contributed by atoms with Crippen LogP contribution in [0.1, 0.15) is 15.9 Å². The van der Waals surface area contributed by atoms with Crippen molar-refractivity contribution in [2.75, 3.05) is 38.1 Å². The van der Waals surface area contributed by atoms with Gasteiger partial charge in [-0.25, -0.2) is 4.90 Å². The molecular formula is C28H25Cl2N3O6. The van der Waals surface area contributed by atoms with E-state index in [9.17, 15) is 14.4 Å². The molecule has 11 heteroatoms. The van der Waals surface area contributed by atoms with E-state index in [0.717, 1.165) is 10.5 Å². The summed E-state index contributed by atoms with van der Waals surface area (Å²) in [5.41, 5.74) is 1.95. The summed E-state index contributed by atoms with van der Waals surface area (Å²) in [4.78, 5) is 39.5. The number of amides is 3. The number of carbonyl (C=O) groups excluding carboxylic acids is 3. The normalized spacial score (nSPS) is 13.0. The molecule has 0 saturated heterocycles. The minimum atomic E-state index is -0.713. The first-order valence-electron chi connectivity index (χ1n) is 11.8. The summed E-state index contributed by atoms with van der Waals surface area (Å²) >= 11 is 12.3. The number of halogens is 2. The van der Waals surface area contributed by atoms with Gasteiger partial charge in [-0.3, -0.25) is 14.4 Å². The maximum Gasteiger partial charge on any atom is 0.283 e. The van der Waals surface area contributed by atoms with Gasteiger partial charge in [0.05, 0.1) is 27.0 Å². The van der Waals surface area contributed by atoms with E-state index in [4.69, 9.17) is 37.4 Å². The zero-order valence-corrected chi connectivity index (χ0v) is 22.9. The van der Waals surface area contributed by atoms with Crippen molar-refractivity contribution < 1.29 is 28.6 Å². The van der Waals surface area contributed by atoms with Gasteiger partial charge in [-0.15, -0.1) is 0 Å². The number of anilines is 2. The van der Waals surface area contributed by atoms with Gasteiger partial charge in [-0.1, -0.05) is 29.3 Å². The van der Waals surface area contributed by atoms with Crippen molar-refractivity contribution in [1.82, 2.24) is 5.32 Å². The average Bonchev–Trinajstić information content (AvgIpc) is 3.15. The Morgan fingerprint density at radius 2 is 1.49 bits per heavy atom. The number of imide groups is 1. The molecule has 0 spiro atoms. The lowest BCUT2D eigenvalue weighted by molar-refractivity contribution is -0.120. The molecule has 0 fully saturated rings. The Morgan fingerprint density at radius 1 is 0.821 bits per heavy atom. The highest BCUT2D eigenvalue weighted by molar-refractivity contribution is 6.53. The third-order valence-electron chi connectivity index (χ3n) is 5.97. The topological polar surface area (TPSA) is 106 Å². The Morgan fingerprint density at radius 3 is 2.15 bits per heavy atom. The Bertz CT molecular complexity index is 1460. The number of methoxy groups -OCH3 is 3. The van der Waals surface area contributed by atoms with Gasteiger partial charge in [0, 0.05) is 22.8 Å². The van der Waals surface area contributed by atoms with E-state index in [1.54, 1.807) is 50.6 Å². The number of carbonyl (C=O) groups is 3. The summed E-state index contributed by atoms with van der Waals surface area (Å²) in [7, 11) is 4.56. The molecule has 0 atom stereocenters. The largest absolute Gasteiger partial charge is 0.495 e. The molecule has 0 aromatic heterocycles. The number of hydrogen-bond donors (Lipinski definition) is 2. The minimum Gasteiger partial charge on any atom is -0.495 e. The molecular weight excluding hydrogens is 545 g/mol. The van der Waals surface area contributed by atoms with Crippen LogP contribution in [0.25, 0.3) is 0 Å². The quantitative estimate of drug-likeness (QED) is 0.338. The van der Waals surface area contributed by atoms with Gasteiger partial charge in [0.15, 0.2) is 11.5 Å². The summed E-state index contributed by atoms with van der Waals surface area (Å²) in [5, 5.41) is 5.80. The standard InChI is InChI=1S/C28H25Cl2N3O6/c1-37-21-11-7-18(29)15-20(21)33-27(35)24(30)25(28(33)36)32-19-8-5-17(6-9-19)26(34)31-13-12-16-4-10-22(38-2)23(14-16)39-3/h4-11,14-15,32H,12-13H2,1-3H3,(H,31,34). The highest BCUT2D eigenvalue weighted by Gasteiger charge is 2.40. The first kappa shape index (κ1) is 27.8. The van der Waals surface area contributed by atoms with Gasteiger partial charge in [-0.05, 0) is 66.6 Å². The zero-order chi connectivity index (χ0) is 28.1. The molecule has 1 aliphatic heterocycles. The van der Waals surface area contributed by atoms with E-state index in [1.807, 2.05) is 18.2 Å². The number of rotatable bonds is 10. The molecule has 0 radical (unpaired) electrons. The molecule has 4 rings (SSSR count). The number of nitrogens with one attached hydrogen (secondary N) is 2. The Balaban J connectivity index is 1.39. The van der Waals surface area contributed by atoms with Crippen LogP contribution in [0.15, 0.2) is 71.4 Å². The predicted molar refractivity (Wildman–Crippen MR) is 149 cm³/mol. The smallest absolute Gasteiger partial charge is 0.283 e. The van der Waals surface area contributed by atoms with Crippen LogP contribution in [0.5, 0.6) is 17.2 Å². The molecule has 2 N–H and O–H groups in total. The van der Waals surface area contributed by atoms with Gasteiger partial charge in [0.2, 0.25) is 0 Å². The molecule has 0 saturated carbocycles. The van der Waals surface area contributed by atoms with Crippen molar-refractivity contribution in [2.45, 2.75) is 6.42 Å². The Kier molecular flexibility index (Phi) is 8.63. The van der Waals surface area contributed by atoms with E-state index < -0.39 is 11.8 Å². The molecule has 0 bridgehead atoms. The lowest BCUT2D eigenvalue weighted by Crippen LogP contribution is -2.32. The van der Waals surface area contributed by atoms with Crippen LogP contribution in [-0.4, -0.2) is 45.6 Å². The molecule has 3 amide bonds. The van der Waals surface area contributed by atoms with Crippen molar-refractivity contribution in [3.63, 3.8) is 0 Å². The van der Waals surface area contributed by atoms with Crippen LogP contribution in [0.3, 0.4) is 0 Å². The van der Waals surface area contributed by atoms with Gasteiger partial charge >= 0.3 is 0 Å². The van der Waals surface area contributed by atoms with E-state index in [1.165, 1.54) is 13.2 Å². The van der Waals surface area contributed by atoms with Crippen LogP contribution in [0, 0.1) is 0 Å². The minimum absolute atomic E-state index is 0.101. The molecule has 3 aromatic rings. The van der Waals surface area contributed by atoms with Gasteiger partial charge in [-0.2, -0.15) is 0 Å². The van der Waals surface area contributed by atoms with E-state index in [2.05, 4.69) is 10.6 Å². The second-order valence-electron chi connectivity index (χ2n) is 8.35. The van der Waals surface area contributed by atoms with E-state index in [-0.39, 0.29) is 28.1 Å². The molecule has 0 unspecified atom stereocenters. The lowest BCUT2D eigenvalue weighted by Gasteiger charge is -2.18. The molecule has 1 heterocycles. The summed E-state index contributed by atoms with van der Waals surface area (Å²) in [5.74, 6) is -0.0924. The number of nitrogens with zero attached hydrogens (tertiary/aromatic N) is 1. The highest BCUT2D eigenvalue weighted by atomic mass is 35.5. The van der Waals surface area contributed by atoms with Crippen LogP contribution in [0.2, 0.25) is 5.02 Å². The van der Waals surface area contributed by atoms with Gasteiger partial charge in [0.1, 0.15) is 16.5 Å². The van der Waals surface area contributed by atoms with Crippen LogP contribution < -0.4 is 29.7 Å². The van der Waals surface area contributed by atoms with Crippen molar-refractivity contribution in [2.24, 2.45) is 0 Å². The van der Waals surface area contributed by atoms with Gasteiger partial charge in [0.25, 0.3) is 17.7 Å². The number of hydrogen-bond acceptors (Lipinski definition) is 7. The lowest BCUT2D eigenvalue weighted by atomic mass is 10.1. The highest BCUT2D eigenvalue weighted by Crippen LogP contribution is 2.37. The van der Waals surface area contributed by atoms with Crippen molar-refractivity contribution >= 4 is 52.3 Å². The Labute approximate surface area is 235 Å². The second-order valence-corrected chi connectivity index (χ2v) is 9.16. The maximum absolute atomic E-state index is 13.1. The first-order chi connectivity index (χ1) is 18.8. The fraction of sp³-hybridized carbons (Fsp3) is 0.179. The molecule has 39 heavy (non-hydrogen) atoms. The zero-order valence-electron chi connectivity index (χ0n) is 21.3. The predicted octanol–water partition coefficient (Wildman–Crippen LogP) is 4.77. The van der Waals surface area contributed by atoms with Gasteiger partial charge < -0.3 is 24.8 Å². The average molecular weight is 570 g/mol. The molecule has 9 nitrogen and oxygen atoms in total. The first-order valence-corrected chi connectivity index (χ1v) is 12.5. The van der Waals surface area contributed by atoms with Crippen LogP contribution >= 0.6 is 23.2 Å². The molecule has 1 aliphatic rings. The third-order valence-corrected chi connectivity index (χ3v) is 6.56. The summed E-state index contributed by atoms with van der Waals surface area (Å²) in [6.45, 7) is 0.413. The summed E-state index contributed by atoms with van der Waals surface area (Å²) < 4.78 is 15.8. The van der Waals surface area contributed by atoms with E-state index >= 15 is 0 Å². The molecule has 202 valence electrons. The second kappa shape index (κ2) is 12.1. The number of benzene rings is 3. The Hall–Kier alpha value is -4.21. The van der Waals surface area contributed by atoms with E-state index in [0.29, 0.717) is 40.7 Å².